The van der Waals surface area contributed by atoms with Crippen molar-refractivity contribution in [2.45, 2.75) is 31.7 Å². The molecule has 2 aromatic rings. The van der Waals surface area contributed by atoms with Crippen molar-refractivity contribution in [2.24, 2.45) is 4.99 Å². The number of aliphatic imine (C=N–C) groups is 1. The van der Waals surface area contributed by atoms with Crippen molar-refractivity contribution in [1.82, 2.24) is 4.90 Å². The third-order valence-electron chi connectivity index (χ3n) is 5.34. The van der Waals surface area contributed by atoms with Gasteiger partial charge in [-0.05, 0) is 37.1 Å². The number of carbonyl (C=O) groups is 3. The number of hydrogen-bond donors (Lipinski definition) is 0. The Kier molecular flexibility index (Phi) is 6.14. The molecular weight excluding hydrogens is 428 g/mol. The summed E-state index contributed by atoms with van der Waals surface area (Å²) in [5, 5.41) is 0.250. The summed E-state index contributed by atoms with van der Waals surface area (Å²) in [4.78, 5) is 44.1. The van der Waals surface area contributed by atoms with Crippen molar-refractivity contribution in [3.8, 4) is 0 Å². The Bertz CT molecular complexity index is 1120. The van der Waals surface area contributed by atoms with Crippen LogP contribution in [0.1, 0.15) is 41.4 Å². The van der Waals surface area contributed by atoms with Crippen LogP contribution in [0, 0.1) is 0 Å². The van der Waals surface area contributed by atoms with Crippen molar-refractivity contribution < 1.29 is 23.9 Å². The molecule has 164 valence electrons. The van der Waals surface area contributed by atoms with Crippen LogP contribution in [0.25, 0.3) is 0 Å². The van der Waals surface area contributed by atoms with Crippen molar-refractivity contribution in [2.75, 3.05) is 7.11 Å². The number of fused-ring (bicyclic) bond motifs is 1. The largest absolute Gasteiger partial charge is 0.465 e. The third kappa shape index (κ3) is 4.05. The molecule has 7 nitrogen and oxygen atoms in total. The van der Waals surface area contributed by atoms with Crippen LogP contribution in [0.2, 0.25) is 0 Å². The highest BCUT2D eigenvalue weighted by molar-refractivity contribution is 8.15. The van der Waals surface area contributed by atoms with Crippen LogP contribution in [-0.2, 0) is 25.7 Å². The lowest BCUT2D eigenvalue weighted by Crippen LogP contribution is -2.40. The fraction of sp³-hybridized carbons (Fsp3) is 0.250. The van der Waals surface area contributed by atoms with E-state index in [1.807, 2.05) is 37.3 Å². The molecule has 2 aromatic carbocycles. The standard InChI is InChI=1S/C24H22N2O5S/c1-14-19(23(29)31-13-16-7-5-4-6-8-16)20(26-21(27)15(2)32-24(26)25-14)17-9-11-18(12-10-17)22(28)30-3/h4-12,15,20H,13H2,1-3H3/t15-,20+/m1/s1. The molecule has 32 heavy (non-hydrogen) atoms. The molecule has 0 bridgehead atoms. The number of carbonyl (C=O) groups excluding carboxylic acids is 3. The molecule has 2 aliphatic heterocycles. The van der Waals surface area contributed by atoms with Crippen molar-refractivity contribution in [3.05, 3.63) is 82.6 Å². The van der Waals surface area contributed by atoms with E-state index in [1.165, 1.54) is 18.9 Å². The van der Waals surface area contributed by atoms with Crippen LogP contribution in [0.4, 0.5) is 0 Å². The van der Waals surface area contributed by atoms with E-state index in [4.69, 9.17) is 9.47 Å². The van der Waals surface area contributed by atoms with E-state index in [-0.39, 0.29) is 17.8 Å². The summed E-state index contributed by atoms with van der Waals surface area (Å²) in [5.41, 5.74) is 2.73. The fourth-order valence-corrected chi connectivity index (χ4v) is 4.73. The van der Waals surface area contributed by atoms with E-state index in [9.17, 15) is 14.4 Å². The zero-order valence-corrected chi connectivity index (χ0v) is 18.7. The van der Waals surface area contributed by atoms with Gasteiger partial charge in [0.15, 0.2) is 5.17 Å². The number of thioether (sulfide) groups is 1. The lowest BCUT2D eigenvalue weighted by Gasteiger charge is -2.33. The van der Waals surface area contributed by atoms with Gasteiger partial charge in [-0.15, -0.1) is 0 Å². The van der Waals surface area contributed by atoms with Crippen LogP contribution in [0.3, 0.4) is 0 Å². The Balaban J connectivity index is 1.70. The quantitative estimate of drug-likeness (QED) is 0.643. The molecule has 0 N–H and O–H groups in total. The maximum atomic E-state index is 13.2. The molecule has 1 fully saturated rings. The van der Waals surface area contributed by atoms with E-state index in [1.54, 1.807) is 36.1 Å². The van der Waals surface area contributed by atoms with Gasteiger partial charge in [0, 0.05) is 0 Å². The highest BCUT2D eigenvalue weighted by Gasteiger charge is 2.46. The molecule has 0 radical (unpaired) electrons. The van der Waals surface area contributed by atoms with Crippen molar-refractivity contribution in [3.63, 3.8) is 0 Å². The maximum absolute atomic E-state index is 13.2. The second kappa shape index (κ2) is 9.00. The number of amidine groups is 1. The Labute approximate surface area is 190 Å². The molecule has 0 aromatic heterocycles. The zero-order valence-electron chi connectivity index (χ0n) is 17.9. The van der Waals surface area contributed by atoms with Gasteiger partial charge in [0.05, 0.1) is 35.2 Å². The molecule has 0 unspecified atom stereocenters. The molecule has 1 saturated heterocycles. The van der Waals surface area contributed by atoms with Crippen LogP contribution >= 0.6 is 11.8 Å². The number of allylic oxidation sites excluding steroid dienone is 1. The Morgan fingerprint density at radius 2 is 1.75 bits per heavy atom. The first-order valence-corrected chi connectivity index (χ1v) is 11.0. The van der Waals surface area contributed by atoms with Gasteiger partial charge < -0.3 is 9.47 Å². The minimum absolute atomic E-state index is 0.111. The Morgan fingerprint density at radius 3 is 2.41 bits per heavy atom. The van der Waals surface area contributed by atoms with Gasteiger partial charge in [-0.25, -0.2) is 14.6 Å². The van der Waals surface area contributed by atoms with E-state index in [0.29, 0.717) is 27.6 Å². The molecule has 4 rings (SSSR count). The molecule has 8 heteroatoms. The first-order valence-electron chi connectivity index (χ1n) is 10.1. The number of hydrogen-bond acceptors (Lipinski definition) is 7. The second-order valence-electron chi connectivity index (χ2n) is 7.44. The summed E-state index contributed by atoms with van der Waals surface area (Å²) < 4.78 is 10.4. The van der Waals surface area contributed by atoms with E-state index in [2.05, 4.69) is 4.99 Å². The molecule has 2 atom stereocenters. The van der Waals surface area contributed by atoms with Gasteiger partial charge in [0.2, 0.25) is 5.91 Å². The number of amides is 1. The molecular formula is C24H22N2O5S. The topological polar surface area (TPSA) is 85.3 Å². The number of rotatable bonds is 5. The van der Waals surface area contributed by atoms with Crippen molar-refractivity contribution >= 4 is 34.8 Å². The van der Waals surface area contributed by atoms with Gasteiger partial charge >= 0.3 is 11.9 Å². The molecule has 0 spiro atoms. The maximum Gasteiger partial charge on any atom is 0.338 e. The van der Waals surface area contributed by atoms with E-state index >= 15 is 0 Å². The first-order chi connectivity index (χ1) is 15.4. The smallest absolute Gasteiger partial charge is 0.338 e. The molecule has 2 aliphatic rings. The molecule has 0 aliphatic carbocycles. The minimum Gasteiger partial charge on any atom is -0.465 e. The Hall–Kier alpha value is -3.39. The average molecular weight is 451 g/mol. The average Bonchev–Trinajstić information content (AvgIpc) is 3.09. The first kappa shape index (κ1) is 21.8. The third-order valence-corrected chi connectivity index (χ3v) is 6.39. The molecule has 1 amide bonds. The predicted molar refractivity (Wildman–Crippen MR) is 121 cm³/mol. The van der Waals surface area contributed by atoms with Gasteiger partial charge in [-0.3, -0.25) is 9.69 Å². The minimum atomic E-state index is -0.692. The molecule has 0 saturated carbocycles. The Morgan fingerprint density at radius 1 is 1.06 bits per heavy atom. The van der Waals surface area contributed by atoms with E-state index < -0.39 is 18.0 Å². The highest BCUT2D eigenvalue weighted by Crippen LogP contribution is 2.43. The molecule has 2 heterocycles. The summed E-state index contributed by atoms with van der Waals surface area (Å²) in [7, 11) is 1.31. The summed E-state index contributed by atoms with van der Waals surface area (Å²) >= 11 is 1.36. The van der Waals surface area contributed by atoms with Crippen molar-refractivity contribution in [1.29, 1.82) is 0 Å². The second-order valence-corrected chi connectivity index (χ2v) is 8.75. The number of methoxy groups -OCH3 is 1. The summed E-state index contributed by atoms with van der Waals surface area (Å²) in [6.07, 6.45) is 0. The van der Waals surface area contributed by atoms with Gasteiger partial charge in [-0.2, -0.15) is 0 Å². The highest BCUT2D eigenvalue weighted by atomic mass is 32.2. The van der Waals surface area contributed by atoms with Crippen LogP contribution in [0.15, 0.2) is 70.9 Å². The lowest BCUT2D eigenvalue weighted by atomic mass is 9.93. The SMILES string of the molecule is COC(=O)c1ccc([C@H]2C(C(=O)OCc3ccccc3)=C(C)N=C3S[C@H](C)C(=O)N32)cc1. The number of nitrogens with zero attached hydrogens (tertiary/aromatic N) is 2. The number of esters is 2. The number of benzene rings is 2. The lowest BCUT2D eigenvalue weighted by molar-refractivity contribution is -0.141. The van der Waals surface area contributed by atoms with Gasteiger partial charge in [-0.1, -0.05) is 54.2 Å². The summed E-state index contributed by atoms with van der Waals surface area (Å²) in [6.45, 7) is 3.67. The van der Waals surface area contributed by atoms with Crippen LogP contribution < -0.4 is 0 Å². The fourth-order valence-electron chi connectivity index (χ4n) is 3.70. The normalized spacial score (nSPS) is 20.0. The zero-order chi connectivity index (χ0) is 22.8. The van der Waals surface area contributed by atoms with E-state index in [0.717, 1.165) is 5.56 Å². The van der Waals surface area contributed by atoms with Gasteiger partial charge in [0.25, 0.3) is 0 Å². The monoisotopic (exact) mass is 450 g/mol. The summed E-state index contributed by atoms with van der Waals surface area (Å²) in [6, 6.07) is 15.4. The summed E-state index contributed by atoms with van der Waals surface area (Å²) in [5.74, 6) is -1.12. The number of ether oxygens (including phenoxy) is 2. The predicted octanol–water partition coefficient (Wildman–Crippen LogP) is 3.87. The van der Waals surface area contributed by atoms with Crippen LogP contribution in [-0.4, -0.2) is 40.3 Å². The van der Waals surface area contributed by atoms with Crippen LogP contribution in [0.5, 0.6) is 0 Å². The van der Waals surface area contributed by atoms with Gasteiger partial charge in [0.1, 0.15) is 6.61 Å².